The quantitative estimate of drug-likeness (QED) is 0.199. The standard InChI is InChI=1S/C42H29NO2S/c1-46(2)37-18-9-8-15-30(37)31-22-20-28(25-38(31)46)43(27-12-4-3-5-13-27)34-16-10-17-35-39(34)40-36(44-35)24-23-33-32-21-19-26-11-6-7-14-29(26)41(32)45-42(33)40/h3-25H,1-2H3. The maximum absolute atomic E-state index is 6.84. The zero-order chi connectivity index (χ0) is 30.6. The van der Waals surface area contributed by atoms with Crippen LogP contribution >= 0.6 is 10.0 Å². The number of benzene rings is 7. The third-order valence-corrected chi connectivity index (χ3v) is 12.6. The molecule has 2 aromatic heterocycles. The number of anilines is 3. The summed E-state index contributed by atoms with van der Waals surface area (Å²) in [5.74, 6) is 0. The van der Waals surface area contributed by atoms with Crippen molar-refractivity contribution in [1.29, 1.82) is 0 Å². The maximum Gasteiger partial charge on any atom is 0.147 e. The minimum Gasteiger partial charge on any atom is -0.456 e. The second-order valence-electron chi connectivity index (χ2n) is 12.5. The van der Waals surface area contributed by atoms with E-state index in [2.05, 4.69) is 157 Å². The summed E-state index contributed by atoms with van der Waals surface area (Å²) in [5.41, 5.74) is 9.41. The molecule has 0 saturated heterocycles. The molecule has 1 aliphatic rings. The average molecular weight is 612 g/mol. The lowest BCUT2D eigenvalue weighted by Gasteiger charge is -2.31. The molecular weight excluding hydrogens is 583 g/mol. The first-order chi connectivity index (χ1) is 22.6. The Morgan fingerprint density at radius 3 is 2.13 bits per heavy atom. The van der Waals surface area contributed by atoms with Crippen molar-refractivity contribution in [3.05, 3.63) is 140 Å². The maximum atomic E-state index is 6.84. The normalized spacial score (nSPS) is 14.3. The van der Waals surface area contributed by atoms with Crippen LogP contribution in [0.5, 0.6) is 0 Å². The van der Waals surface area contributed by atoms with Gasteiger partial charge in [0.05, 0.1) is 16.5 Å². The molecule has 10 rings (SSSR count). The predicted molar refractivity (Wildman–Crippen MR) is 195 cm³/mol. The van der Waals surface area contributed by atoms with Crippen molar-refractivity contribution in [3.8, 4) is 11.1 Å². The van der Waals surface area contributed by atoms with Gasteiger partial charge in [0.15, 0.2) is 0 Å². The first kappa shape index (κ1) is 25.8. The molecular formula is C42H29NO2S. The van der Waals surface area contributed by atoms with E-state index in [4.69, 9.17) is 8.83 Å². The summed E-state index contributed by atoms with van der Waals surface area (Å²) in [7, 11) is -1.17. The SMILES string of the molecule is CS1(C)c2ccccc2-c2ccc(N(c3ccccc3)c3cccc4oc5ccc6c7ccc8ccccc8c7oc6c5c34)cc21. The zero-order valence-electron chi connectivity index (χ0n) is 25.5. The molecule has 3 nitrogen and oxygen atoms in total. The summed E-state index contributed by atoms with van der Waals surface area (Å²) in [4.78, 5) is 5.26. The Bertz CT molecular complexity index is 2680. The van der Waals surface area contributed by atoms with E-state index in [9.17, 15) is 0 Å². The number of hydrogen-bond donors (Lipinski definition) is 0. The molecule has 0 spiro atoms. The molecule has 0 aliphatic carbocycles. The lowest BCUT2D eigenvalue weighted by Crippen LogP contribution is -2.10. The Labute approximate surface area is 267 Å². The van der Waals surface area contributed by atoms with Gasteiger partial charge in [0.25, 0.3) is 0 Å². The third-order valence-electron chi connectivity index (χ3n) is 9.72. The Morgan fingerprint density at radius 2 is 1.22 bits per heavy atom. The molecule has 9 aromatic rings. The first-order valence-electron chi connectivity index (χ1n) is 15.6. The van der Waals surface area contributed by atoms with Crippen LogP contribution in [0.3, 0.4) is 0 Å². The van der Waals surface area contributed by atoms with Crippen LogP contribution in [0.1, 0.15) is 0 Å². The number of furan rings is 2. The highest BCUT2D eigenvalue weighted by atomic mass is 32.3. The first-order valence-corrected chi connectivity index (χ1v) is 18.0. The third kappa shape index (κ3) is 3.45. The van der Waals surface area contributed by atoms with Gasteiger partial charge >= 0.3 is 0 Å². The molecule has 7 aromatic carbocycles. The Hall–Kier alpha value is -5.45. The smallest absolute Gasteiger partial charge is 0.147 e. The van der Waals surface area contributed by atoms with Crippen LogP contribution in [-0.4, -0.2) is 12.5 Å². The van der Waals surface area contributed by atoms with Crippen LogP contribution in [0, 0.1) is 0 Å². The van der Waals surface area contributed by atoms with Crippen LogP contribution in [-0.2, 0) is 0 Å². The van der Waals surface area contributed by atoms with Crippen LogP contribution in [0.25, 0.3) is 65.8 Å². The van der Waals surface area contributed by atoms with Gasteiger partial charge in [-0.15, -0.1) is 0 Å². The largest absolute Gasteiger partial charge is 0.456 e. The van der Waals surface area contributed by atoms with Gasteiger partial charge in [-0.1, -0.05) is 78.9 Å². The summed E-state index contributed by atoms with van der Waals surface area (Å²) in [6, 6.07) is 50.0. The number of rotatable bonds is 3. The summed E-state index contributed by atoms with van der Waals surface area (Å²) >= 11 is 0. The number of para-hydroxylation sites is 1. The van der Waals surface area contributed by atoms with E-state index in [-0.39, 0.29) is 0 Å². The molecule has 3 heterocycles. The van der Waals surface area contributed by atoms with Crippen molar-refractivity contribution in [3.63, 3.8) is 0 Å². The molecule has 46 heavy (non-hydrogen) atoms. The van der Waals surface area contributed by atoms with Crippen molar-refractivity contribution in [2.75, 3.05) is 17.4 Å². The molecule has 1 aliphatic heterocycles. The molecule has 0 atom stereocenters. The van der Waals surface area contributed by atoms with Gasteiger partial charge in [-0.05, 0) is 89.7 Å². The fraction of sp³-hybridized carbons (Fsp3) is 0.0476. The second kappa shape index (κ2) is 9.29. The molecule has 0 radical (unpaired) electrons. The van der Waals surface area contributed by atoms with E-state index in [1.54, 1.807) is 0 Å². The molecule has 220 valence electrons. The van der Waals surface area contributed by atoms with Crippen LogP contribution in [0.2, 0.25) is 0 Å². The van der Waals surface area contributed by atoms with E-state index < -0.39 is 10.0 Å². The molecule has 0 unspecified atom stereocenters. The fourth-order valence-corrected chi connectivity index (χ4v) is 10.1. The highest BCUT2D eigenvalue weighted by molar-refractivity contribution is 8.33. The van der Waals surface area contributed by atoms with Gasteiger partial charge in [0, 0.05) is 37.3 Å². The van der Waals surface area contributed by atoms with Gasteiger partial charge in [-0.25, -0.2) is 0 Å². The minimum absolute atomic E-state index is 0.821. The van der Waals surface area contributed by atoms with Gasteiger partial charge in [-0.3, -0.25) is 0 Å². The van der Waals surface area contributed by atoms with Crippen molar-refractivity contribution in [2.45, 2.75) is 9.79 Å². The summed E-state index contributed by atoms with van der Waals surface area (Å²) in [6.07, 6.45) is 4.83. The topological polar surface area (TPSA) is 29.5 Å². The number of hydrogen-bond acceptors (Lipinski definition) is 3. The monoisotopic (exact) mass is 611 g/mol. The zero-order valence-corrected chi connectivity index (χ0v) is 26.3. The summed E-state index contributed by atoms with van der Waals surface area (Å²) in [6.45, 7) is 0. The van der Waals surface area contributed by atoms with E-state index in [1.165, 1.54) is 26.3 Å². The Kier molecular flexibility index (Phi) is 5.22. The lowest BCUT2D eigenvalue weighted by atomic mass is 10.0. The molecule has 0 saturated carbocycles. The van der Waals surface area contributed by atoms with Crippen molar-refractivity contribution < 1.29 is 8.83 Å². The lowest BCUT2D eigenvalue weighted by molar-refractivity contribution is 0.664. The van der Waals surface area contributed by atoms with Crippen LogP contribution < -0.4 is 4.90 Å². The highest BCUT2D eigenvalue weighted by Gasteiger charge is 2.32. The molecule has 4 heteroatoms. The van der Waals surface area contributed by atoms with E-state index in [0.29, 0.717) is 0 Å². The highest BCUT2D eigenvalue weighted by Crippen LogP contribution is 2.67. The molecule has 0 amide bonds. The van der Waals surface area contributed by atoms with E-state index in [1.807, 2.05) is 0 Å². The summed E-state index contributed by atoms with van der Waals surface area (Å²) < 4.78 is 13.4. The molecule has 0 fully saturated rings. The van der Waals surface area contributed by atoms with Crippen molar-refractivity contribution >= 4 is 81.7 Å². The minimum atomic E-state index is -1.17. The number of nitrogens with zero attached hydrogens (tertiary/aromatic N) is 1. The van der Waals surface area contributed by atoms with Gasteiger partial charge in [0.2, 0.25) is 0 Å². The van der Waals surface area contributed by atoms with Crippen molar-refractivity contribution in [1.82, 2.24) is 0 Å². The fourth-order valence-electron chi connectivity index (χ4n) is 7.58. The van der Waals surface area contributed by atoms with Crippen LogP contribution in [0.15, 0.2) is 158 Å². The average Bonchev–Trinajstić information content (AvgIpc) is 3.74. The van der Waals surface area contributed by atoms with Gasteiger partial charge in [-0.2, -0.15) is 10.0 Å². The Morgan fingerprint density at radius 1 is 0.478 bits per heavy atom. The van der Waals surface area contributed by atoms with E-state index in [0.717, 1.165) is 66.3 Å². The molecule has 0 N–H and O–H groups in total. The molecule has 0 bridgehead atoms. The van der Waals surface area contributed by atoms with Gasteiger partial charge in [0.1, 0.15) is 22.3 Å². The Balaban J connectivity index is 1.28. The van der Waals surface area contributed by atoms with Crippen LogP contribution in [0.4, 0.5) is 17.1 Å². The van der Waals surface area contributed by atoms with E-state index >= 15 is 0 Å². The summed E-state index contributed by atoms with van der Waals surface area (Å²) in [5, 5.41) is 6.55. The van der Waals surface area contributed by atoms with Crippen molar-refractivity contribution in [2.24, 2.45) is 0 Å². The number of fused-ring (bicyclic) bond motifs is 12. The second-order valence-corrected chi connectivity index (χ2v) is 16.0. The van der Waals surface area contributed by atoms with Gasteiger partial charge < -0.3 is 13.7 Å². The predicted octanol–water partition coefficient (Wildman–Crippen LogP) is 12.6.